The normalized spacial score (nSPS) is 15.7. The van der Waals surface area contributed by atoms with Crippen LogP contribution >= 0.6 is 7.82 Å². The molecule has 0 saturated heterocycles. The van der Waals surface area contributed by atoms with Crippen LogP contribution in [0.5, 0.6) is 0 Å². The van der Waals surface area contributed by atoms with Gasteiger partial charge in [0.15, 0.2) is 0 Å². The lowest BCUT2D eigenvalue weighted by Crippen LogP contribution is -2.44. The Hall–Kier alpha value is -1.92. The largest absolute Gasteiger partial charge is 0.480 e. The van der Waals surface area contributed by atoms with Gasteiger partial charge in [0, 0.05) is 5.56 Å². The summed E-state index contributed by atoms with van der Waals surface area (Å²) in [7, 11) is -4.61. The van der Waals surface area contributed by atoms with E-state index in [9.17, 15) is 41.0 Å². The highest BCUT2D eigenvalue weighted by Gasteiger charge is 2.63. The second-order valence-corrected chi connectivity index (χ2v) is 6.84. The second kappa shape index (κ2) is 9.05. The summed E-state index contributed by atoms with van der Waals surface area (Å²) in [4.78, 5) is 31.1. The molecular weight excluding hydrogens is 420 g/mol. The molecular formula is C14H15F5NO7P. The fourth-order valence-corrected chi connectivity index (χ4v) is 2.44. The molecule has 4 N–H and O–H groups in total. The summed E-state index contributed by atoms with van der Waals surface area (Å²) in [5.74, 6) is -9.41. The first kappa shape index (κ1) is 24.1. The standard InChI is InChI=1S/C14H15F5NO7P/c15-13(16,14(17,18)19)11(21)9-3-1-8(2-4-9)5-6-26-28(24,25)27-7-10(20)12(22)23/h1-4,10H,5-7,20H2,(H,22,23)(H,24,25). The molecule has 0 aliphatic carbocycles. The lowest BCUT2D eigenvalue weighted by atomic mass is 10.0. The van der Waals surface area contributed by atoms with E-state index in [0.29, 0.717) is 0 Å². The van der Waals surface area contributed by atoms with E-state index < -0.39 is 56.5 Å². The summed E-state index contributed by atoms with van der Waals surface area (Å²) < 4.78 is 83.0. The first-order valence-electron chi connectivity index (χ1n) is 7.36. The van der Waals surface area contributed by atoms with Crippen molar-refractivity contribution in [2.75, 3.05) is 13.2 Å². The highest BCUT2D eigenvalue weighted by atomic mass is 31.2. The number of carbonyl (C=O) groups is 2. The summed E-state index contributed by atoms with van der Waals surface area (Å²) in [5, 5.41) is 8.51. The van der Waals surface area contributed by atoms with E-state index >= 15 is 0 Å². The molecule has 0 aliphatic rings. The third-order valence-electron chi connectivity index (χ3n) is 3.24. The number of hydrogen-bond donors (Lipinski definition) is 3. The second-order valence-electron chi connectivity index (χ2n) is 5.39. The van der Waals surface area contributed by atoms with Gasteiger partial charge < -0.3 is 15.7 Å². The fourth-order valence-electron chi connectivity index (χ4n) is 1.69. The van der Waals surface area contributed by atoms with Gasteiger partial charge in [-0.2, -0.15) is 22.0 Å². The van der Waals surface area contributed by atoms with Crippen LogP contribution in [0, 0.1) is 0 Å². The molecule has 0 aromatic heterocycles. The first-order chi connectivity index (χ1) is 12.7. The van der Waals surface area contributed by atoms with E-state index in [1.54, 1.807) is 0 Å². The van der Waals surface area contributed by atoms with Gasteiger partial charge in [-0.1, -0.05) is 24.3 Å². The monoisotopic (exact) mass is 435 g/mol. The van der Waals surface area contributed by atoms with Crippen molar-refractivity contribution in [1.29, 1.82) is 0 Å². The van der Waals surface area contributed by atoms with Crippen molar-refractivity contribution in [3.63, 3.8) is 0 Å². The number of carboxylic acids is 1. The zero-order valence-electron chi connectivity index (χ0n) is 13.9. The number of Topliss-reactive ketones (excluding diaryl/α,β-unsaturated/α-hetero) is 1. The Labute approximate surface area is 154 Å². The molecule has 0 radical (unpaired) electrons. The van der Waals surface area contributed by atoms with Gasteiger partial charge in [-0.05, 0) is 12.0 Å². The predicted octanol–water partition coefficient (Wildman–Crippen LogP) is 2.15. The summed E-state index contributed by atoms with van der Waals surface area (Å²) in [6.45, 7) is -1.24. The molecule has 0 fully saturated rings. The minimum atomic E-state index is -6.03. The third-order valence-corrected chi connectivity index (χ3v) is 4.22. The Balaban J connectivity index is 2.61. The lowest BCUT2D eigenvalue weighted by Gasteiger charge is -2.18. The van der Waals surface area contributed by atoms with Crippen LogP contribution in [-0.2, 0) is 24.8 Å². The molecule has 158 valence electrons. The molecule has 0 heterocycles. The van der Waals surface area contributed by atoms with Crippen molar-refractivity contribution in [2.24, 2.45) is 5.73 Å². The average Bonchev–Trinajstić information content (AvgIpc) is 2.58. The molecule has 8 nitrogen and oxygen atoms in total. The van der Waals surface area contributed by atoms with E-state index in [4.69, 9.17) is 10.8 Å². The number of carboxylic acid groups (broad SMARTS) is 1. The highest BCUT2D eigenvalue weighted by Crippen LogP contribution is 2.43. The van der Waals surface area contributed by atoms with E-state index in [-0.39, 0.29) is 12.0 Å². The number of phosphoric acid groups is 1. The Bertz CT molecular complexity index is 753. The number of halogens is 5. The summed E-state index contributed by atoms with van der Waals surface area (Å²) in [6, 6.07) is 2.07. The SMILES string of the molecule is NC(COP(=O)(O)OCCc1ccc(C(=O)C(F)(F)C(F)(F)F)cc1)C(=O)O. The minimum Gasteiger partial charge on any atom is -0.480 e. The maximum absolute atomic E-state index is 13.0. The minimum absolute atomic E-state index is 0.0942. The average molecular weight is 435 g/mol. The van der Waals surface area contributed by atoms with Crippen LogP contribution in [0.1, 0.15) is 15.9 Å². The zero-order valence-corrected chi connectivity index (χ0v) is 14.8. The molecule has 2 unspecified atom stereocenters. The number of benzene rings is 1. The van der Waals surface area contributed by atoms with Gasteiger partial charge in [0.25, 0.3) is 0 Å². The number of rotatable bonds is 10. The van der Waals surface area contributed by atoms with Crippen LogP contribution in [0.15, 0.2) is 24.3 Å². The van der Waals surface area contributed by atoms with E-state index in [0.717, 1.165) is 24.3 Å². The van der Waals surface area contributed by atoms with Crippen molar-refractivity contribution < 1.29 is 55.2 Å². The summed E-state index contributed by atoms with van der Waals surface area (Å²) >= 11 is 0. The van der Waals surface area contributed by atoms with Crippen LogP contribution in [-0.4, -0.2) is 53.1 Å². The molecule has 14 heteroatoms. The topological polar surface area (TPSA) is 136 Å². The molecule has 0 saturated carbocycles. The smallest absolute Gasteiger partial charge is 0.472 e. The molecule has 0 amide bonds. The number of nitrogens with two attached hydrogens (primary N) is 1. The number of ketones is 1. The van der Waals surface area contributed by atoms with Crippen molar-refractivity contribution in [1.82, 2.24) is 0 Å². The van der Waals surface area contributed by atoms with Gasteiger partial charge in [0.05, 0.1) is 13.2 Å². The fraction of sp³-hybridized carbons (Fsp3) is 0.429. The van der Waals surface area contributed by atoms with Crippen molar-refractivity contribution in [3.8, 4) is 0 Å². The van der Waals surface area contributed by atoms with Gasteiger partial charge in [-0.3, -0.25) is 18.6 Å². The molecule has 0 aliphatic heterocycles. The molecule has 0 bridgehead atoms. The van der Waals surface area contributed by atoms with Gasteiger partial charge in [0.1, 0.15) is 6.04 Å². The lowest BCUT2D eigenvalue weighted by molar-refractivity contribution is -0.255. The number of phosphoric ester groups is 1. The quantitative estimate of drug-likeness (QED) is 0.289. The van der Waals surface area contributed by atoms with Crippen LogP contribution in [0.2, 0.25) is 0 Å². The Kier molecular flexibility index (Phi) is 7.80. The van der Waals surface area contributed by atoms with Gasteiger partial charge >= 0.3 is 25.9 Å². The van der Waals surface area contributed by atoms with Crippen LogP contribution in [0.4, 0.5) is 22.0 Å². The summed E-state index contributed by atoms with van der Waals surface area (Å²) in [6.07, 6.45) is -6.12. The number of carbonyl (C=O) groups excluding carboxylic acids is 1. The first-order valence-corrected chi connectivity index (χ1v) is 8.85. The van der Waals surface area contributed by atoms with Crippen molar-refractivity contribution >= 4 is 19.6 Å². The maximum atomic E-state index is 13.0. The van der Waals surface area contributed by atoms with E-state index in [2.05, 4.69) is 9.05 Å². The van der Waals surface area contributed by atoms with E-state index in [1.807, 2.05) is 0 Å². The Morgan fingerprint density at radius 3 is 2.11 bits per heavy atom. The molecule has 1 aromatic carbocycles. The zero-order chi connectivity index (χ0) is 21.8. The van der Waals surface area contributed by atoms with Gasteiger partial charge in [0.2, 0.25) is 5.78 Å². The Morgan fingerprint density at radius 2 is 1.64 bits per heavy atom. The van der Waals surface area contributed by atoms with Crippen LogP contribution in [0.3, 0.4) is 0 Å². The molecule has 1 rings (SSSR count). The summed E-state index contributed by atoms with van der Waals surface area (Å²) in [5.41, 5.74) is 4.49. The molecule has 0 spiro atoms. The van der Waals surface area contributed by atoms with Crippen molar-refractivity contribution in [2.45, 2.75) is 24.6 Å². The number of aliphatic carboxylic acids is 1. The Morgan fingerprint density at radius 1 is 1.11 bits per heavy atom. The van der Waals surface area contributed by atoms with Gasteiger partial charge in [-0.15, -0.1) is 0 Å². The maximum Gasteiger partial charge on any atom is 0.472 e. The molecule has 28 heavy (non-hydrogen) atoms. The van der Waals surface area contributed by atoms with Crippen LogP contribution in [0.25, 0.3) is 0 Å². The number of hydrogen-bond acceptors (Lipinski definition) is 6. The van der Waals surface area contributed by atoms with Crippen LogP contribution < -0.4 is 5.73 Å². The predicted molar refractivity (Wildman–Crippen MR) is 82.8 cm³/mol. The van der Waals surface area contributed by atoms with E-state index in [1.165, 1.54) is 0 Å². The highest BCUT2D eigenvalue weighted by molar-refractivity contribution is 7.47. The molecule has 2 atom stereocenters. The van der Waals surface area contributed by atoms with Crippen molar-refractivity contribution in [3.05, 3.63) is 35.4 Å². The van der Waals surface area contributed by atoms with Gasteiger partial charge in [-0.25, -0.2) is 4.57 Å². The molecule has 1 aromatic rings. The number of alkyl halides is 5. The third kappa shape index (κ3) is 6.60.